The van der Waals surface area contributed by atoms with Crippen molar-refractivity contribution in [2.45, 2.75) is 38.5 Å². The maximum Gasteiger partial charge on any atom is 0.286 e. The largest absolute Gasteiger partial charge is 0.464 e. The van der Waals surface area contributed by atoms with E-state index in [4.69, 9.17) is 19.6 Å². The van der Waals surface area contributed by atoms with Crippen LogP contribution in [0.5, 0.6) is 0 Å². The second kappa shape index (κ2) is 14.0. The summed E-state index contributed by atoms with van der Waals surface area (Å²) in [5, 5.41) is 15.6. The molecule has 0 spiro atoms. The van der Waals surface area contributed by atoms with Crippen LogP contribution < -0.4 is 21.8 Å². The van der Waals surface area contributed by atoms with E-state index in [2.05, 4.69) is 10.6 Å². The Bertz CT molecular complexity index is 1710. The van der Waals surface area contributed by atoms with Crippen LogP contribution in [-0.2, 0) is 20.8 Å². The van der Waals surface area contributed by atoms with Gasteiger partial charge in [0.1, 0.15) is 5.58 Å². The first kappa shape index (κ1) is 30.5. The van der Waals surface area contributed by atoms with Gasteiger partial charge in [-0.2, -0.15) is 0 Å². The molecular weight excluding hydrogens is 562 g/mol. The molecule has 0 unspecified atom stereocenters. The van der Waals surface area contributed by atoms with E-state index >= 15 is 0 Å². The quantitative estimate of drug-likeness (QED) is 0.182. The van der Waals surface area contributed by atoms with E-state index in [9.17, 15) is 19.5 Å². The second-order valence-electron chi connectivity index (χ2n) is 10.5. The molecule has 0 radical (unpaired) electrons. The molecule has 228 valence electrons. The third-order valence-electron chi connectivity index (χ3n) is 7.58. The van der Waals surface area contributed by atoms with Gasteiger partial charge in [-0.05, 0) is 67.8 Å². The smallest absolute Gasteiger partial charge is 0.286 e. The van der Waals surface area contributed by atoms with Crippen LogP contribution >= 0.6 is 0 Å². The van der Waals surface area contributed by atoms with Crippen molar-refractivity contribution >= 4 is 34.2 Å². The molecule has 1 aliphatic heterocycles. The highest BCUT2D eigenvalue weighted by Crippen LogP contribution is 2.39. The molecule has 3 atom stereocenters. The first-order valence-electron chi connectivity index (χ1n) is 14.5. The topological polar surface area (TPSA) is 153 Å². The molecule has 5 N–H and O–H groups in total. The maximum atomic E-state index is 13.5. The molecule has 4 aromatic rings. The minimum absolute atomic E-state index is 0.0257. The number of amides is 2. The highest BCUT2D eigenvalue weighted by atomic mass is 16.7. The van der Waals surface area contributed by atoms with Gasteiger partial charge in [-0.1, -0.05) is 36.4 Å². The Morgan fingerprint density at radius 1 is 1.00 bits per heavy atom. The number of para-hydroxylation sites is 3. The van der Waals surface area contributed by atoms with Crippen molar-refractivity contribution in [2.75, 3.05) is 24.3 Å². The summed E-state index contributed by atoms with van der Waals surface area (Å²) in [5.41, 5.74) is 8.77. The van der Waals surface area contributed by atoms with Gasteiger partial charge in [0.15, 0.2) is 11.2 Å². The summed E-state index contributed by atoms with van der Waals surface area (Å²) < 4.78 is 17.7. The predicted molar refractivity (Wildman–Crippen MR) is 167 cm³/mol. The summed E-state index contributed by atoms with van der Waals surface area (Å²) in [7, 11) is 0. The fourth-order valence-electron chi connectivity index (χ4n) is 5.29. The van der Waals surface area contributed by atoms with Crippen LogP contribution in [0, 0.1) is 5.92 Å². The van der Waals surface area contributed by atoms with Gasteiger partial charge in [-0.25, -0.2) is 0 Å². The molecule has 0 aliphatic carbocycles. The lowest BCUT2D eigenvalue weighted by molar-refractivity contribution is -0.166. The number of rotatable bonds is 11. The molecule has 2 amide bonds. The molecule has 1 aromatic heterocycles. The number of hydrogen-bond acceptors (Lipinski definition) is 8. The third kappa shape index (κ3) is 6.82. The minimum Gasteiger partial charge on any atom is -0.464 e. The number of hydrogen-bond donors (Lipinski definition) is 4. The number of allylic oxidation sites excluding steroid dienone is 1. The van der Waals surface area contributed by atoms with E-state index in [1.165, 1.54) is 6.26 Å². The van der Waals surface area contributed by atoms with Crippen LogP contribution in [0.25, 0.3) is 11.0 Å². The summed E-state index contributed by atoms with van der Waals surface area (Å²) >= 11 is 0. The molecular formula is C34H35N3O7. The highest BCUT2D eigenvalue weighted by Gasteiger charge is 2.39. The summed E-state index contributed by atoms with van der Waals surface area (Å²) in [6, 6.07) is 20.8. The van der Waals surface area contributed by atoms with Crippen LogP contribution in [0.1, 0.15) is 47.2 Å². The van der Waals surface area contributed by atoms with Crippen LogP contribution in [0.15, 0.2) is 100 Å². The Labute approximate surface area is 254 Å². The van der Waals surface area contributed by atoms with Crippen molar-refractivity contribution in [3.63, 3.8) is 0 Å². The Balaban J connectivity index is 1.34. The molecule has 0 fully saturated rings. The molecule has 3 aromatic carbocycles. The fourth-order valence-corrected chi connectivity index (χ4v) is 5.29. The number of carbonyl (C=O) groups is 2. The summed E-state index contributed by atoms with van der Waals surface area (Å²) in [6.45, 7) is 2.28. The second-order valence-corrected chi connectivity index (χ2v) is 10.5. The fraction of sp³-hybridized carbons (Fsp3) is 0.265. The van der Waals surface area contributed by atoms with Crippen molar-refractivity contribution in [3.8, 4) is 0 Å². The van der Waals surface area contributed by atoms with Gasteiger partial charge in [0.05, 0.1) is 23.0 Å². The van der Waals surface area contributed by atoms with Gasteiger partial charge in [0.25, 0.3) is 11.8 Å². The molecule has 0 saturated carbocycles. The zero-order chi connectivity index (χ0) is 31.1. The lowest BCUT2D eigenvalue weighted by Crippen LogP contribution is -2.40. The van der Waals surface area contributed by atoms with Gasteiger partial charge in [0.2, 0.25) is 6.29 Å². The van der Waals surface area contributed by atoms with Gasteiger partial charge in [-0.15, -0.1) is 0 Å². The Morgan fingerprint density at radius 2 is 1.75 bits per heavy atom. The number of ether oxygens (including phenoxy) is 2. The van der Waals surface area contributed by atoms with Crippen LogP contribution in [0.2, 0.25) is 0 Å². The first-order chi connectivity index (χ1) is 21.4. The number of fused-ring (bicyclic) bond motifs is 1. The van der Waals surface area contributed by atoms with E-state index < -0.39 is 18.1 Å². The zero-order valence-corrected chi connectivity index (χ0v) is 24.3. The van der Waals surface area contributed by atoms with E-state index in [0.717, 1.165) is 5.56 Å². The van der Waals surface area contributed by atoms with Gasteiger partial charge < -0.3 is 35.4 Å². The van der Waals surface area contributed by atoms with Crippen LogP contribution in [0.4, 0.5) is 11.4 Å². The minimum atomic E-state index is -0.815. The maximum absolute atomic E-state index is 13.5. The highest BCUT2D eigenvalue weighted by molar-refractivity contribution is 6.05. The molecule has 0 saturated heterocycles. The monoisotopic (exact) mass is 597 g/mol. The SMILES string of the molecule is CCO[C@@H]1OC(C(=O)NCc2ccc(C(=O)Nc3ccccc3N)cc2)=C[C@H](c2coc3ccccc3c2=O)[C@H]1CCCO. The molecule has 1 aliphatic rings. The summed E-state index contributed by atoms with van der Waals surface area (Å²) in [5.74, 6) is -1.65. The van der Waals surface area contributed by atoms with Crippen molar-refractivity contribution in [1.82, 2.24) is 5.32 Å². The number of nitrogen functional groups attached to an aromatic ring is 1. The summed E-state index contributed by atoms with van der Waals surface area (Å²) in [4.78, 5) is 39.5. The zero-order valence-electron chi connectivity index (χ0n) is 24.3. The van der Waals surface area contributed by atoms with E-state index in [1.54, 1.807) is 78.9 Å². The lowest BCUT2D eigenvalue weighted by atomic mass is 9.81. The van der Waals surface area contributed by atoms with E-state index in [1.807, 2.05) is 6.92 Å². The van der Waals surface area contributed by atoms with Gasteiger partial charge in [-0.3, -0.25) is 14.4 Å². The van der Waals surface area contributed by atoms with Crippen LogP contribution in [-0.4, -0.2) is 36.4 Å². The van der Waals surface area contributed by atoms with Crippen LogP contribution in [0.3, 0.4) is 0 Å². The number of aliphatic hydroxyl groups excluding tert-OH is 1. The Morgan fingerprint density at radius 3 is 2.50 bits per heavy atom. The third-order valence-corrected chi connectivity index (χ3v) is 7.58. The Hall–Kier alpha value is -4.93. The van der Waals surface area contributed by atoms with Crippen molar-refractivity contribution in [1.29, 1.82) is 0 Å². The number of nitrogens with one attached hydrogen (secondary N) is 2. The number of nitrogens with two attached hydrogens (primary N) is 1. The van der Waals surface area contributed by atoms with Crippen molar-refractivity contribution in [2.24, 2.45) is 5.92 Å². The molecule has 44 heavy (non-hydrogen) atoms. The standard InChI is InChI=1S/C34H35N3O7/c1-2-42-34-23(9-7-17-38)25(26-20-43-29-12-6-3-8-24(29)31(26)39)18-30(44-34)33(41)36-19-21-13-15-22(16-14-21)32(40)37-28-11-5-4-10-27(28)35/h3-6,8,10-16,18,20,23,25,34,38H,2,7,9,17,19,35H2,1H3,(H,36,41)(H,37,40)/t23-,25+,34-/m1/s1. The number of aliphatic hydroxyl groups is 1. The average Bonchev–Trinajstić information content (AvgIpc) is 3.04. The molecule has 2 heterocycles. The van der Waals surface area contributed by atoms with Crippen molar-refractivity contribution in [3.05, 3.63) is 118 Å². The van der Waals surface area contributed by atoms with E-state index in [0.29, 0.717) is 52.9 Å². The van der Waals surface area contributed by atoms with Gasteiger partial charge >= 0.3 is 0 Å². The Kier molecular flexibility index (Phi) is 9.73. The number of benzene rings is 3. The predicted octanol–water partition coefficient (Wildman–Crippen LogP) is 4.69. The number of anilines is 2. The van der Waals surface area contributed by atoms with Gasteiger partial charge in [0, 0.05) is 42.7 Å². The first-order valence-corrected chi connectivity index (χ1v) is 14.5. The summed E-state index contributed by atoms with van der Waals surface area (Å²) in [6.07, 6.45) is 3.22. The lowest BCUT2D eigenvalue weighted by Gasteiger charge is -2.36. The van der Waals surface area contributed by atoms with Crippen molar-refractivity contribution < 1.29 is 28.6 Å². The molecule has 10 heteroatoms. The average molecular weight is 598 g/mol. The normalized spacial score (nSPS) is 17.9. The molecule has 5 rings (SSSR count). The number of carbonyl (C=O) groups excluding carboxylic acids is 2. The molecule has 0 bridgehead atoms. The van der Waals surface area contributed by atoms with E-state index in [-0.39, 0.29) is 36.2 Å². The molecule has 10 nitrogen and oxygen atoms in total.